The maximum Gasteiger partial charge on any atom is 0.143 e. The Bertz CT molecular complexity index is 477. The Morgan fingerprint density at radius 1 is 1.25 bits per heavy atom. The zero-order valence-corrected chi connectivity index (χ0v) is 13.8. The van der Waals surface area contributed by atoms with Crippen LogP contribution < -0.4 is 0 Å². The number of hydrogen-bond acceptors (Lipinski definition) is 2. The van der Waals surface area contributed by atoms with E-state index < -0.39 is 17.5 Å². The molecule has 2 nitrogen and oxygen atoms in total. The Labute approximate surface area is 128 Å². The first-order valence-corrected chi connectivity index (χ1v) is 7.78. The normalized spacial score (nSPS) is 22.5. The van der Waals surface area contributed by atoms with Crippen LogP contribution in [0.25, 0.3) is 0 Å². The van der Waals surface area contributed by atoms with Crippen LogP contribution in [0, 0.1) is 11.2 Å². The molecule has 0 heterocycles. The van der Waals surface area contributed by atoms with Gasteiger partial charge >= 0.3 is 0 Å². The monoisotopic (exact) mass is 344 g/mol. The lowest BCUT2D eigenvalue weighted by atomic mass is 9.68. The summed E-state index contributed by atoms with van der Waals surface area (Å²) >= 11 is 3.17. The third kappa shape index (κ3) is 2.92. The minimum atomic E-state index is -0.943. The summed E-state index contributed by atoms with van der Waals surface area (Å²) < 4.78 is 20.2. The molecule has 0 bridgehead atoms. The molecule has 0 amide bonds. The lowest BCUT2D eigenvalue weighted by molar-refractivity contribution is -0.139. The summed E-state index contributed by atoms with van der Waals surface area (Å²) in [6, 6.07) is 5.00. The van der Waals surface area contributed by atoms with Crippen molar-refractivity contribution >= 4 is 15.9 Å². The lowest BCUT2D eigenvalue weighted by Gasteiger charge is -2.45. The van der Waals surface area contributed by atoms with Gasteiger partial charge in [0.25, 0.3) is 0 Å². The molecule has 1 atom stereocenters. The molecule has 1 aromatic carbocycles. The molecular formula is C16H22BrFO2. The van der Waals surface area contributed by atoms with Crippen molar-refractivity contribution in [3.05, 3.63) is 34.1 Å². The highest BCUT2D eigenvalue weighted by atomic mass is 79.9. The Hall–Kier alpha value is -0.450. The van der Waals surface area contributed by atoms with E-state index in [2.05, 4.69) is 29.8 Å². The van der Waals surface area contributed by atoms with Gasteiger partial charge in [0.1, 0.15) is 11.9 Å². The van der Waals surface area contributed by atoms with E-state index in [1.807, 2.05) is 0 Å². The number of benzene rings is 1. The van der Waals surface area contributed by atoms with Crippen molar-refractivity contribution in [3.63, 3.8) is 0 Å². The highest BCUT2D eigenvalue weighted by molar-refractivity contribution is 9.10. The highest BCUT2D eigenvalue weighted by Gasteiger charge is 2.45. The van der Waals surface area contributed by atoms with Gasteiger partial charge in [0.15, 0.2) is 0 Å². The first-order valence-electron chi connectivity index (χ1n) is 6.98. The number of methoxy groups -OCH3 is 1. The topological polar surface area (TPSA) is 29.5 Å². The molecule has 4 heteroatoms. The third-order valence-electron chi connectivity index (χ3n) is 4.63. The van der Waals surface area contributed by atoms with E-state index in [1.54, 1.807) is 25.3 Å². The van der Waals surface area contributed by atoms with Gasteiger partial charge in [0, 0.05) is 12.7 Å². The van der Waals surface area contributed by atoms with Crippen LogP contribution in [0.15, 0.2) is 22.7 Å². The predicted octanol–water partition coefficient (Wildman–Crippen LogP) is 4.61. The van der Waals surface area contributed by atoms with Gasteiger partial charge in [-0.05, 0) is 53.1 Å². The van der Waals surface area contributed by atoms with Crippen molar-refractivity contribution in [2.75, 3.05) is 7.11 Å². The second kappa shape index (κ2) is 5.74. The summed E-state index contributed by atoms with van der Waals surface area (Å²) in [4.78, 5) is 0. The number of halogens is 2. The third-order valence-corrected chi connectivity index (χ3v) is 5.24. The van der Waals surface area contributed by atoms with Gasteiger partial charge < -0.3 is 9.84 Å². The second-order valence-corrected chi connectivity index (χ2v) is 7.33. The van der Waals surface area contributed by atoms with Crippen molar-refractivity contribution in [1.82, 2.24) is 0 Å². The van der Waals surface area contributed by atoms with E-state index in [1.165, 1.54) is 0 Å². The molecule has 1 N–H and O–H groups in total. The fourth-order valence-corrected chi connectivity index (χ4v) is 3.34. The van der Waals surface area contributed by atoms with Gasteiger partial charge in [-0.25, -0.2) is 4.39 Å². The molecule has 0 radical (unpaired) electrons. The molecule has 1 aliphatic carbocycles. The van der Waals surface area contributed by atoms with Crippen LogP contribution in [-0.4, -0.2) is 17.8 Å². The van der Waals surface area contributed by atoms with Gasteiger partial charge in [0.05, 0.1) is 10.1 Å². The minimum Gasteiger partial charge on any atom is -0.385 e. The number of aliphatic hydroxyl groups excluding tert-OH is 1. The number of ether oxygens (including phenoxy) is 1. The molecular weight excluding hydrogens is 323 g/mol. The summed E-state index contributed by atoms with van der Waals surface area (Å²) in [6.07, 6.45) is 2.47. The van der Waals surface area contributed by atoms with E-state index in [9.17, 15) is 9.50 Å². The molecule has 1 fully saturated rings. The van der Waals surface area contributed by atoms with Crippen molar-refractivity contribution in [2.45, 2.75) is 51.2 Å². The molecule has 2 rings (SSSR count). The summed E-state index contributed by atoms with van der Waals surface area (Å²) in [7, 11) is 1.61. The first kappa shape index (κ1) is 15.9. The van der Waals surface area contributed by atoms with E-state index in [0.717, 1.165) is 25.7 Å². The summed E-state index contributed by atoms with van der Waals surface area (Å²) in [5.41, 5.74) is -0.115. The number of hydrogen-bond donors (Lipinski definition) is 1. The first-order chi connectivity index (χ1) is 9.31. The van der Waals surface area contributed by atoms with Crippen LogP contribution in [0.5, 0.6) is 0 Å². The van der Waals surface area contributed by atoms with E-state index in [-0.39, 0.29) is 5.41 Å². The summed E-state index contributed by atoms with van der Waals surface area (Å²) in [5, 5.41) is 10.7. The van der Waals surface area contributed by atoms with Crippen LogP contribution in [0.3, 0.4) is 0 Å². The van der Waals surface area contributed by atoms with Crippen LogP contribution in [-0.2, 0) is 4.74 Å². The van der Waals surface area contributed by atoms with E-state index in [4.69, 9.17) is 4.74 Å². The van der Waals surface area contributed by atoms with Crippen molar-refractivity contribution < 1.29 is 14.2 Å². The predicted molar refractivity (Wildman–Crippen MR) is 81.0 cm³/mol. The maximum absolute atomic E-state index is 14.2. The Morgan fingerprint density at radius 3 is 2.40 bits per heavy atom. The molecule has 1 saturated carbocycles. The van der Waals surface area contributed by atoms with Gasteiger partial charge in [-0.2, -0.15) is 0 Å². The van der Waals surface area contributed by atoms with Crippen LogP contribution in [0.4, 0.5) is 4.39 Å². The van der Waals surface area contributed by atoms with Gasteiger partial charge in [0.2, 0.25) is 0 Å². The highest BCUT2D eigenvalue weighted by Crippen LogP contribution is 2.47. The summed E-state index contributed by atoms with van der Waals surface area (Å²) in [5.74, 6) is -0.402. The molecule has 0 aromatic heterocycles. The Kier molecular flexibility index (Phi) is 4.57. The quantitative estimate of drug-likeness (QED) is 0.867. The molecule has 0 aliphatic heterocycles. The summed E-state index contributed by atoms with van der Waals surface area (Å²) in [6.45, 7) is 4.44. The molecule has 1 aliphatic rings. The minimum absolute atomic E-state index is 0.261. The van der Waals surface area contributed by atoms with Crippen molar-refractivity contribution in [2.24, 2.45) is 5.41 Å². The van der Waals surface area contributed by atoms with Gasteiger partial charge in [-0.3, -0.25) is 0 Å². The van der Waals surface area contributed by atoms with Crippen molar-refractivity contribution in [3.8, 4) is 0 Å². The molecule has 112 valence electrons. The molecule has 0 saturated heterocycles. The van der Waals surface area contributed by atoms with Gasteiger partial charge in [-0.1, -0.05) is 26.0 Å². The fourth-order valence-electron chi connectivity index (χ4n) is 2.95. The van der Waals surface area contributed by atoms with Gasteiger partial charge in [-0.15, -0.1) is 0 Å². The Morgan fingerprint density at radius 2 is 1.85 bits per heavy atom. The zero-order chi connectivity index (χ0) is 15.0. The van der Waals surface area contributed by atoms with E-state index in [0.29, 0.717) is 10.0 Å². The standard InChI is InChI=1S/C16H22BrFO2/c1-15(2)7-9-16(20-3,10-8-15)14(19)11-5-4-6-12(17)13(11)18/h4-6,14,19H,7-10H2,1-3H3. The average Bonchev–Trinajstić information content (AvgIpc) is 2.42. The zero-order valence-electron chi connectivity index (χ0n) is 12.2. The number of rotatable bonds is 3. The fraction of sp³-hybridized carbons (Fsp3) is 0.625. The smallest absolute Gasteiger partial charge is 0.143 e. The van der Waals surface area contributed by atoms with Crippen molar-refractivity contribution in [1.29, 1.82) is 0 Å². The molecule has 1 unspecified atom stereocenters. The second-order valence-electron chi connectivity index (χ2n) is 6.48. The largest absolute Gasteiger partial charge is 0.385 e. The SMILES string of the molecule is COC1(C(O)c2cccc(Br)c2F)CCC(C)(C)CC1. The number of aliphatic hydroxyl groups is 1. The lowest BCUT2D eigenvalue weighted by Crippen LogP contribution is -2.44. The average molecular weight is 345 g/mol. The van der Waals surface area contributed by atoms with E-state index >= 15 is 0 Å². The van der Waals surface area contributed by atoms with Crippen LogP contribution in [0.2, 0.25) is 0 Å². The molecule has 1 aromatic rings. The molecule has 20 heavy (non-hydrogen) atoms. The van der Waals surface area contributed by atoms with Crippen LogP contribution >= 0.6 is 15.9 Å². The maximum atomic E-state index is 14.2. The van der Waals surface area contributed by atoms with Crippen LogP contribution in [0.1, 0.15) is 51.2 Å². The molecule has 0 spiro atoms. The Balaban J connectivity index is 2.30.